The number of hydrogen-bond donors (Lipinski definition) is 2. The highest BCUT2D eigenvalue weighted by atomic mass is 16.3. The average Bonchev–Trinajstić information content (AvgIpc) is 3.42. The van der Waals surface area contributed by atoms with Gasteiger partial charge in [0.15, 0.2) is 0 Å². The molecule has 1 saturated heterocycles. The van der Waals surface area contributed by atoms with Gasteiger partial charge >= 0.3 is 0 Å². The predicted molar refractivity (Wildman–Crippen MR) is 131 cm³/mol. The Balaban J connectivity index is 1.23. The molecule has 4 aliphatic carbocycles. The second kappa shape index (κ2) is 8.97. The Morgan fingerprint density at radius 1 is 1.15 bits per heavy atom. The fourth-order valence-corrected chi connectivity index (χ4v) is 9.54. The predicted octanol–water partition coefficient (Wildman–Crippen LogP) is 5.18. The van der Waals surface area contributed by atoms with Crippen molar-refractivity contribution in [3.63, 3.8) is 0 Å². The molecule has 0 aromatic carbocycles. The van der Waals surface area contributed by atoms with Gasteiger partial charge in [0.05, 0.1) is 6.10 Å². The van der Waals surface area contributed by atoms with E-state index in [0.717, 1.165) is 62.4 Å². The summed E-state index contributed by atoms with van der Waals surface area (Å²) in [4.78, 5) is 14.8. The van der Waals surface area contributed by atoms with Crippen LogP contribution in [-0.4, -0.2) is 46.8 Å². The van der Waals surface area contributed by atoms with Crippen LogP contribution in [0.4, 0.5) is 0 Å². The first-order valence-corrected chi connectivity index (χ1v) is 14.0. The number of amides is 1. The van der Waals surface area contributed by atoms with E-state index in [1.54, 1.807) is 5.57 Å². The van der Waals surface area contributed by atoms with Gasteiger partial charge < -0.3 is 15.1 Å². The number of carbonyl (C=O) groups is 1. The van der Waals surface area contributed by atoms with Crippen LogP contribution in [0.15, 0.2) is 11.6 Å². The molecule has 2 N–H and O–H groups in total. The third-order valence-corrected chi connectivity index (χ3v) is 11.5. The Bertz CT molecular complexity index is 779. The van der Waals surface area contributed by atoms with E-state index in [1.807, 2.05) is 4.90 Å². The number of allylic oxidation sites excluding steroid dienone is 1. The summed E-state index contributed by atoms with van der Waals surface area (Å²) in [6.07, 6.45) is 14.7. The highest BCUT2D eigenvalue weighted by Crippen LogP contribution is 2.67. The monoisotopic (exact) mass is 457 g/mol. The molecule has 4 nitrogen and oxygen atoms in total. The minimum Gasteiger partial charge on any atom is -0.396 e. The van der Waals surface area contributed by atoms with Crippen molar-refractivity contribution in [1.29, 1.82) is 0 Å². The van der Waals surface area contributed by atoms with Gasteiger partial charge in [0.2, 0.25) is 5.91 Å². The van der Waals surface area contributed by atoms with Crippen molar-refractivity contribution >= 4 is 5.91 Å². The third kappa shape index (κ3) is 4.01. The molecule has 0 aromatic rings. The summed E-state index contributed by atoms with van der Waals surface area (Å²) in [6, 6.07) is 0. The molecule has 5 aliphatic rings. The van der Waals surface area contributed by atoms with E-state index in [-0.39, 0.29) is 18.6 Å². The van der Waals surface area contributed by atoms with E-state index in [1.165, 1.54) is 38.5 Å². The van der Waals surface area contributed by atoms with Crippen LogP contribution in [0.25, 0.3) is 0 Å². The Morgan fingerprint density at radius 2 is 1.97 bits per heavy atom. The van der Waals surface area contributed by atoms with Crippen LogP contribution in [0.3, 0.4) is 0 Å². The third-order valence-electron chi connectivity index (χ3n) is 11.5. The molecule has 1 heterocycles. The highest BCUT2D eigenvalue weighted by molar-refractivity contribution is 5.76. The average molecular weight is 458 g/mol. The van der Waals surface area contributed by atoms with Crippen molar-refractivity contribution in [2.45, 2.75) is 97.5 Å². The van der Waals surface area contributed by atoms with Crippen LogP contribution in [0.2, 0.25) is 0 Å². The quantitative estimate of drug-likeness (QED) is 0.559. The zero-order valence-electron chi connectivity index (χ0n) is 21.3. The van der Waals surface area contributed by atoms with Gasteiger partial charge in [0.25, 0.3) is 0 Å². The fourth-order valence-electron chi connectivity index (χ4n) is 9.54. The first-order valence-electron chi connectivity index (χ1n) is 14.0. The van der Waals surface area contributed by atoms with Gasteiger partial charge in [-0.1, -0.05) is 32.4 Å². The molecule has 33 heavy (non-hydrogen) atoms. The summed E-state index contributed by atoms with van der Waals surface area (Å²) in [5.41, 5.74) is 2.31. The molecule has 5 rings (SSSR count). The molecular weight excluding hydrogens is 410 g/mol. The van der Waals surface area contributed by atoms with Crippen LogP contribution in [0.1, 0.15) is 91.4 Å². The summed E-state index contributed by atoms with van der Waals surface area (Å²) < 4.78 is 0. The summed E-state index contributed by atoms with van der Waals surface area (Å²) in [6.45, 7) is 9.33. The van der Waals surface area contributed by atoms with Crippen molar-refractivity contribution in [3.05, 3.63) is 11.6 Å². The first kappa shape index (κ1) is 23.9. The second-order valence-electron chi connectivity index (χ2n) is 13.1. The normalized spacial score (nSPS) is 45.7. The number of aliphatic hydroxyl groups is 2. The number of fused-ring (bicyclic) bond motifs is 5. The molecule has 0 spiro atoms. The zero-order valence-corrected chi connectivity index (χ0v) is 21.3. The molecule has 0 bridgehead atoms. The van der Waals surface area contributed by atoms with E-state index < -0.39 is 0 Å². The lowest BCUT2D eigenvalue weighted by molar-refractivity contribution is -0.130. The standard InChI is InChI=1S/C29H47NO3/c1-19(4-9-27(33)30-15-12-20(17-30)18-31)24-7-8-25-23-6-5-21-16-22(32)10-13-28(21,2)26(23)11-14-29(24,25)3/h5,19-20,22-26,31-32H,4,6-18H2,1-3H3/t19?,20?,22-,23-,24+,25-,26-,28-,29+/m0/s1. The van der Waals surface area contributed by atoms with E-state index >= 15 is 0 Å². The van der Waals surface area contributed by atoms with E-state index in [0.29, 0.717) is 29.1 Å². The molecule has 4 fully saturated rings. The lowest BCUT2D eigenvalue weighted by atomic mass is 9.47. The van der Waals surface area contributed by atoms with Crippen molar-refractivity contribution in [2.24, 2.45) is 46.3 Å². The van der Waals surface area contributed by atoms with Gasteiger partial charge in [-0.25, -0.2) is 0 Å². The maximum atomic E-state index is 12.8. The minimum atomic E-state index is -0.121. The number of aliphatic hydroxyl groups excluding tert-OH is 2. The van der Waals surface area contributed by atoms with Crippen LogP contribution in [-0.2, 0) is 4.79 Å². The lowest BCUT2D eigenvalue weighted by Gasteiger charge is -2.58. The number of carbonyl (C=O) groups excluding carboxylic acids is 1. The molecule has 0 radical (unpaired) electrons. The summed E-state index contributed by atoms with van der Waals surface area (Å²) in [7, 11) is 0. The Labute approximate surface area is 201 Å². The highest BCUT2D eigenvalue weighted by Gasteiger charge is 2.59. The molecule has 9 atom stereocenters. The summed E-state index contributed by atoms with van der Waals surface area (Å²) in [5, 5.41) is 19.6. The Kier molecular flexibility index (Phi) is 6.48. The molecule has 1 aliphatic heterocycles. The van der Waals surface area contributed by atoms with Gasteiger partial charge in [-0.3, -0.25) is 4.79 Å². The van der Waals surface area contributed by atoms with Gasteiger partial charge in [0.1, 0.15) is 0 Å². The van der Waals surface area contributed by atoms with Crippen molar-refractivity contribution in [2.75, 3.05) is 19.7 Å². The molecular formula is C29H47NO3. The molecule has 2 unspecified atom stereocenters. The maximum Gasteiger partial charge on any atom is 0.222 e. The van der Waals surface area contributed by atoms with Gasteiger partial charge in [-0.2, -0.15) is 0 Å². The number of likely N-dealkylation sites (tertiary alicyclic amines) is 1. The molecule has 3 saturated carbocycles. The SMILES string of the molecule is CC(CCC(=O)N1CCC(CO)C1)[C@H]1CC[C@H]2[C@@H]3CC=C4C[C@@H](O)CC[C@]4(C)[C@H]3CC[C@]12C. The van der Waals surface area contributed by atoms with Crippen molar-refractivity contribution < 1.29 is 15.0 Å². The van der Waals surface area contributed by atoms with E-state index in [2.05, 4.69) is 26.8 Å². The number of rotatable bonds is 5. The zero-order chi connectivity index (χ0) is 23.4. The van der Waals surface area contributed by atoms with Crippen LogP contribution in [0, 0.1) is 46.3 Å². The smallest absolute Gasteiger partial charge is 0.222 e. The first-order chi connectivity index (χ1) is 15.8. The van der Waals surface area contributed by atoms with Crippen LogP contribution >= 0.6 is 0 Å². The Hall–Kier alpha value is -0.870. The van der Waals surface area contributed by atoms with E-state index in [9.17, 15) is 15.0 Å². The molecule has 1 amide bonds. The lowest BCUT2D eigenvalue weighted by Crippen LogP contribution is -2.50. The summed E-state index contributed by atoms with van der Waals surface area (Å²) >= 11 is 0. The Morgan fingerprint density at radius 3 is 2.73 bits per heavy atom. The van der Waals surface area contributed by atoms with Crippen LogP contribution < -0.4 is 0 Å². The minimum absolute atomic E-state index is 0.121. The topological polar surface area (TPSA) is 60.8 Å². The van der Waals surface area contributed by atoms with Crippen molar-refractivity contribution in [3.8, 4) is 0 Å². The van der Waals surface area contributed by atoms with E-state index in [4.69, 9.17) is 0 Å². The molecule has 0 aromatic heterocycles. The van der Waals surface area contributed by atoms with Gasteiger partial charge in [0, 0.05) is 32.0 Å². The fraction of sp³-hybridized carbons (Fsp3) is 0.897. The van der Waals surface area contributed by atoms with Gasteiger partial charge in [-0.05, 0) is 105 Å². The van der Waals surface area contributed by atoms with Gasteiger partial charge in [-0.15, -0.1) is 0 Å². The largest absolute Gasteiger partial charge is 0.396 e. The maximum absolute atomic E-state index is 12.8. The second-order valence-corrected chi connectivity index (χ2v) is 13.1. The molecule has 186 valence electrons. The number of nitrogens with zero attached hydrogens (tertiary/aromatic N) is 1. The van der Waals surface area contributed by atoms with Crippen LogP contribution in [0.5, 0.6) is 0 Å². The van der Waals surface area contributed by atoms with Crippen molar-refractivity contribution in [1.82, 2.24) is 4.90 Å². The summed E-state index contributed by atoms with van der Waals surface area (Å²) in [5.74, 6) is 4.37. The molecule has 4 heteroatoms. The number of hydrogen-bond acceptors (Lipinski definition) is 3.